The van der Waals surface area contributed by atoms with Crippen molar-refractivity contribution in [1.82, 2.24) is 0 Å². The Kier molecular flexibility index (Phi) is 5.88. The topological polar surface area (TPSA) is 35.2 Å². The van der Waals surface area contributed by atoms with Crippen LogP contribution in [0.5, 0.6) is 5.75 Å². The van der Waals surface area contributed by atoms with Crippen LogP contribution in [0.3, 0.4) is 0 Å². The number of rotatable bonds is 7. The predicted molar refractivity (Wildman–Crippen MR) is 86.6 cm³/mol. The summed E-state index contributed by atoms with van der Waals surface area (Å²) in [5.74, 6) is 0.607. The molecule has 0 radical (unpaired) electrons. The molecule has 0 bridgehead atoms. The van der Waals surface area contributed by atoms with Crippen LogP contribution in [0.25, 0.3) is 10.8 Å². The maximum atomic E-state index is 12.9. The highest BCUT2D eigenvalue weighted by atomic mass is 19.4. The molecule has 1 atom stereocenters. The largest absolute Gasteiger partial charge is 0.493 e. The lowest BCUT2D eigenvalue weighted by Crippen LogP contribution is -2.28. The molecule has 126 valence electrons. The molecule has 2 N–H and O–H groups in total. The van der Waals surface area contributed by atoms with Crippen molar-refractivity contribution in [3.63, 3.8) is 0 Å². The summed E-state index contributed by atoms with van der Waals surface area (Å²) < 4.78 is 44.5. The average Bonchev–Trinajstić information content (AvgIpc) is 2.53. The summed E-state index contributed by atoms with van der Waals surface area (Å²) in [4.78, 5) is 0. The Balaban J connectivity index is 2.25. The van der Waals surface area contributed by atoms with Crippen molar-refractivity contribution >= 4 is 10.8 Å². The second-order valence-corrected chi connectivity index (χ2v) is 5.63. The molecule has 0 fully saturated rings. The van der Waals surface area contributed by atoms with Gasteiger partial charge >= 0.3 is 6.18 Å². The molecule has 0 amide bonds. The Morgan fingerprint density at radius 3 is 2.35 bits per heavy atom. The van der Waals surface area contributed by atoms with Crippen molar-refractivity contribution in [2.45, 2.75) is 44.8 Å². The van der Waals surface area contributed by atoms with E-state index in [2.05, 4.69) is 6.92 Å². The number of nitrogens with two attached hydrogens (primary N) is 1. The van der Waals surface area contributed by atoms with Gasteiger partial charge in [-0.25, -0.2) is 0 Å². The van der Waals surface area contributed by atoms with E-state index in [0.717, 1.165) is 25.7 Å². The number of alkyl halides is 3. The Bertz CT molecular complexity index is 640. The summed E-state index contributed by atoms with van der Waals surface area (Å²) in [5, 5.41) is 1.16. The highest BCUT2D eigenvalue weighted by Crippen LogP contribution is 2.37. The molecule has 0 saturated carbocycles. The monoisotopic (exact) mass is 325 g/mol. The quantitative estimate of drug-likeness (QED) is 0.695. The lowest BCUT2D eigenvalue weighted by molar-refractivity contribution is -0.148. The zero-order valence-corrected chi connectivity index (χ0v) is 13.2. The van der Waals surface area contributed by atoms with Crippen LogP contribution in [0.2, 0.25) is 0 Å². The molecule has 0 aromatic heterocycles. The van der Waals surface area contributed by atoms with E-state index in [9.17, 15) is 13.2 Å². The van der Waals surface area contributed by atoms with Gasteiger partial charge < -0.3 is 10.5 Å². The predicted octanol–water partition coefficient (Wildman–Crippen LogP) is 5.36. The Hall–Kier alpha value is -1.75. The first-order chi connectivity index (χ1) is 10.9. The Morgan fingerprint density at radius 2 is 1.70 bits per heavy atom. The fourth-order valence-corrected chi connectivity index (χ4v) is 2.58. The molecule has 2 aromatic carbocycles. The summed E-state index contributed by atoms with van der Waals surface area (Å²) in [6.07, 6.45) is -0.140. The lowest BCUT2D eigenvalue weighted by Gasteiger charge is -2.19. The molecule has 0 aliphatic rings. The van der Waals surface area contributed by atoms with Gasteiger partial charge in [0.25, 0.3) is 0 Å². The Labute approximate surface area is 134 Å². The molecule has 0 aliphatic heterocycles. The highest BCUT2D eigenvalue weighted by molar-refractivity contribution is 5.91. The van der Waals surface area contributed by atoms with Crippen LogP contribution in [-0.4, -0.2) is 12.8 Å². The first-order valence-electron chi connectivity index (χ1n) is 7.92. The van der Waals surface area contributed by atoms with E-state index in [-0.39, 0.29) is 5.56 Å². The second-order valence-electron chi connectivity index (χ2n) is 5.63. The third kappa shape index (κ3) is 4.38. The fraction of sp³-hybridized carbons (Fsp3) is 0.444. The molecule has 2 aromatic rings. The molecular weight excluding hydrogens is 303 g/mol. The number of fused-ring (bicyclic) bond motifs is 1. The number of ether oxygens (including phenoxy) is 1. The van der Waals surface area contributed by atoms with E-state index >= 15 is 0 Å². The van der Waals surface area contributed by atoms with Crippen molar-refractivity contribution in [3.8, 4) is 5.75 Å². The van der Waals surface area contributed by atoms with Gasteiger partial charge in [0, 0.05) is 5.39 Å². The third-order valence-electron chi connectivity index (χ3n) is 3.86. The van der Waals surface area contributed by atoms with Crippen LogP contribution >= 0.6 is 0 Å². The molecule has 0 saturated heterocycles. The van der Waals surface area contributed by atoms with Gasteiger partial charge in [0.2, 0.25) is 0 Å². The van der Waals surface area contributed by atoms with E-state index in [1.807, 2.05) is 0 Å². The molecule has 2 rings (SSSR count). The van der Waals surface area contributed by atoms with E-state index in [0.29, 0.717) is 23.1 Å². The van der Waals surface area contributed by atoms with E-state index in [1.54, 1.807) is 30.3 Å². The van der Waals surface area contributed by atoms with E-state index in [4.69, 9.17) is 10.5 Å². The zero-order chi connectivity index (χ0) is 16.9. The molecule has 2 nitrogen and oxygen atoms in total. The van der Waals surface area contributed by atoms with Gasteiger partial charge in [-0.2, -0.15) is 13.2 Å². The molecule has 0 aliphatic carbocycles. The van der Waals surface area contributed by atoms with Gasteiger partial charge in [0.15, 0.2) is 0 Å². The minimum absolute atomic E-state index is 0.0754. The minimum Gasteiger partial charge on any atom is -0.493 e. The van der Waals surface area contributed by atoms with Gasteiger partial charge in [-0.3, -0.25) is 0 Å². The van der Waals surface area contributed by atoms with Crippen molar-refractivity contribution in [2.75, 3.05) is 6.61 Å². The van der Waals surface area contributed by atoms with Crippen LogP contribution < -0.4 is 10.5 Å². The Morgan fingerprint density at radius 1 is 1.00 bits per heavy atom. The van der Waals surface area contributed by atoms with Gasteiger partial charge in [0.05, 0.1) is 6.61 Å². The third-order valence-corrected chi connectivity index (χ3v) is 3.86. The minimum atomic E-state index is -4.47. The summed E-state index contributed by atoms with van der Waals surface area (Å²) in [6, 6.07) is 7.93. The van der Waals surface area contributed by atoms with Gasteiger partial charge in [-0.15, -0.1) is 0 Å². The van der Waals surface area contributed by atoms with Crippen LogP contribution in [0, 0.1) is 0 Å². The first-order valence-corrected chi connectivity index (χ1v) is 7.92. The van der Waals surface area contributed by atoms with Gasteiger partial charge in [-0.1, -0.05) is 56.5 Å². The van der Waals surface area contributed by atoms with Crippen LogP contribution in [-0.2, 0) is 0 Å². The summed E-state index contributed by atoms with van der Waals surface area (Å²) in [6.45, 7) is 2.70. The lowest BCUT2D eigenvalue weighted by atomic mass is 9.98. The van der Waals surface area contributed by atoms with E-state index in [1.165, 1.54) is 6.07 Å². The maximum absolute atomic E-state index is 12.9. The normalized spacial score (nSPS) is 13.3. The molecule has 0 spiro atoms. The zero-order valence-electron chi connectivity index (χ0n) is 13.2. The number of halogens is 3. The van der Waals surface area contributed by atoms with Crippen molar-refractivity contribution in [1.29, 1.82) is 0 Å². The molecule has 5 heteroatoms. The van der Waals surface area contributed by atoms with Crippen molar-refractivity contribution in [2.24, 2.45) is 5.73 Å². The summed E-state index contributed by atoms with van der Waals surface area (Å²) in [7, 11) is 0. The molecule has 23 heavy (non-hydrogen) atoms. The number of unbranched alkanes of at least 4 members (excludes halogenated alkanes) is 3. The van der Waals surface area contributed by atoms with Gasteiger partial charge in [0.1, 0.15) is 11.8 Å². The van der Waals surface area contributed by atoms with Gasteiger partial charge in [-0.05, 0) is 23.4 Å². The molecule has 0 unspecified atom stereocenters. The van der Waals surface area contributed by atoms with Crippen LogP contribution in [0.4, 0.5) is 13.2 Å². The van der Waals surface area contributed by atoms with E-state index < -0.39 is 12.2 Å². The smallest absolute Gasteiger partial charge is 0.407 e. The number of hydrogen-bond acceptors (Lipinski definition) is 2. The fourth-order valence-electron chi connectivity index (χ4n) is 2.58. The summed E-state index contributed by atoms with van der Waals surface area (Å²) in [5.41, 5.74) is 5.45. The average molecular weight is 325 g/mol. The molecular formula is C18H22F3NO. The summed E-state index contributed by atoms with van der Waals surface area (Å²) >= 11 is 0. The van der Waals surface area contributed by atoms with Crippen LogP contribution in [0.1, 0.15) is 44.2 Å². The highest BCUT2D eigenvalue weighted by Gasteiger charge is 2.38. The standard InChI is InChI=1S/C18H22F3NO/c1-2-3-4-7-12-23-16-11-10-15(17(22)18(19,20)21)13-8-5-6-9-14(13)16/h5-6,8-11,17H,2-4,7,12,22H2,1H3/t17-/m0/s1. The number of benzene rings is 2. The SMILES string of the molecule is CCCCCCOc1ccc([C@H](N)C(F)(F)F)c2ccccc12. The maximum Gasteiger partial charge on any atom is 0.407 e. The number of hydrogen-bond donors (Lipinski definition) is 1. The second kappa shape index (κ2) is 7.68. The van der Waals surface area contributed by atoms with Crippen molar-refractivity contribution in [3.05, 3.63) is 42.0 Å². The van der Waals surface area contributed by atoms with Crippen LogP contribution in [0.15, 0.2) is 36.4 Å². The molecule has 0 heterocycles. The first kappa shape index (κ1) is 17.6. The van der Waals surface area contributed by atoms with Crippen molar-refractivity contribution < 1.29 is 17.9 Å².